The van der Waals surface area contributed by atoms with E-state index in [0.717, 1.165) is 16.7 Å². The van der Waals surface area contributed by atoms with Gasteiger partial charge in [0.05, 0.1) is 12.0 Å². The van der Waals surface area contributed by atoms with Gasteiger partial charge in [0.25, 0.3) is 0 Å². The van der Waals surface area contributed by atoms with Crippen LogP contribution in [0.25, 0.3) is 0 Å². The number of hydrogen-bond acceptors (Lipinski definition) is 2. The van der Waals surface area contributed by atoms with Crippen molar-refractivity contribution < 1.29 is 14.7 Å². The molecule has 0 aromatic heterocycles. The Morgan fingerprint density at radius 2 is 1.75 bits per heavy atom. The largest absolute Gasteiger partial charge is 0.481 e. The molecule has 1 amide bonds. The molecule has 0 saturated heterocycles. The molecule has 2 aromatic rings. The van der Waals surface area contributed by atoms with Gasteiger partial charge in [0.15, 0.2) is 0 Å². The molecule has 0 radical (unpaired) electrons. The molecular weight excluding hydrogens is 302 g/mol. The molecular formula is C20H21NO3. The Balaban J connectivity index is 2.08. The van der Waals surface area contributed by atoms with Crippen molar-refractivity contribution in [2.45, 2.75) is 38.3 Å². The molecule has 0 spiro atoms. The van der Waals surface area contributed by atoms with Crippen LogP contribution in [0, 0.1) is 0 Å². The smallest absolute Gasteiger partial charge is 0.313 e. The average molecular weight is 323 g/mol. The third-order valence-corrected chi connectivity index (χ3v) is 4.84. The second-order valence-electron chi connectivity index (χ2n) is 6.77. The number of benzene rings is 2. The number of aliphatic carboxylic acids is 1. The first-order valence-electron chi connectivity index (χ1n) is 8.06. The summed E-state index contributed by atoms with van der Waals surface area (Å²) in [5.41, 5.74) is 1.71. The van der Waals surface area contributed by atoms with Crippen LogP contribution in [0.4, 0.5) is 0 Å². The normalized spacial score (nSPS) is 19.5. The number of amides is 1. The van der Waals surface area contributed by atoms with Crippen molar-refractivity contribution in [2.75, 3.05) is 0 Å². The SMILES string of the molecule is CC1(C)C(C(=O)O)c2ccccc2CC(=O)N1Cc1ccccc1. The van der Waals surface area contributed by atoms with Crippen LogP contribution in [0.2, 0.25) is 0 Å². The van der Waals surface area contributed by atoms with Crippen molar-refractivity contribution in [3.63, 3.8) is 0 Å². The minimum atomic E-state index is -0.903. The monoisotopic (exact) mass is 323 g/mol. The van der Waals surface area contributed by atoms with Gasteiger partial charge in [-0.05, 0) is 30.5 Å². The summed E-state index contributed by atoms with van der Waals surface area (Å²) in [4.78, 5) is 26.7. The lowest BCUT2D eigenvalue weighted by Crippen LogP contribution is -2.52. The van der Waals surface area contributed by atoms with Gasteiger partial charge in [0.1, 0.15) is 5.92 Å². The maximum atomic E-state index is 12.9. The van der Waals surface area contributed by atoms with E-state index >= 15 is 0 Å². The molecule has 0 bridgehead atoms. The molecule has 124 valence electrons. The van der Waals surface area contributed by atoms with E-state index in [1.165, 1.54) is 0 Å². The Hall–Kier alpha value is -2.62. The Labute approximate surface area is 141 Å². The van der Waals surface area contributed by atoms with Gasteiger partial charge in [0.2, 0.25) is 5.91 Å². The molecule has 1 heterocycles. The van der Waals surface area contributed by atoms with Gasteiger partial charge in [-0.2, -0.15) is 0 Å². The maximum Gasteiger partial charge on any atom is 0.313 e. The van der Waals surface area contributed by atoms with E-state index in [2.05, 4.69) is 0 Å². The van der Waals surface area contributed by atoms with Gasteiger partial charge in [0, 0.05) is 6.54 Å². The molecule has 1 N–H and O–H groups in total. The van der Waals surface area contributed by atoms with Crippen molar-refractivity contribution in [3.8, 4) is 0 Å². The fourth-order valence-electron chi connectivity index (χ4n) is 3.59. The van der Waals surface area contributed by atoms with Crippen LogP contribution in [0.5, 0.6) is 0 Å². The topological polar surface area (TPSA) is 57.6 Å². The summed E-state index contributed by atoms with van der Waals surface area (Å²) in [6.07, 6.45) is 0.232. The van der Waals surface area contributed by atoms with Crippen LogP contribution in [0.3, 0.4) is 0 Å². The lowest BCUT2D eigenvalue weighted by Gasteiger charge is -2.41. The van der Waals surface area contributed by atoms with E-state index < -0.39 is 17.4 Å². The van der Waals surface area contributed by atoms with Crippen LogP contribution < -0.4 is 0 Å². The van der Waals surface area contributed by atoms with Gasteiger partial charge in [-0.15, -0.1) is 0 Å². The first-order chi connectivity index (χ1) is 11.4. The minimum Gasteiger partial charge on any atom is -0.481 e. The van der Waals surface area contributed by atoms with Crippen molar-refractivity contribution in [1.29, 1.82) is 0 Å². The van der Waals surface area contributed by atoms with Crippen LogP contribution in [0.1, 0.15) is 36.5 Å². The van der Waals surface area contributed by atoms with E-state index in [9.17, 15) is 14.7 Å². The average Bonchev–Trinajstić information content (AvgIpc) is 2.62. The third kappa shape index (κ3) is 2.80. The Morgan fingerprint density at radius 1 is 1.12 bits per heavy atom. The molecule has 0 aliphatic carbocycles. The van der Waals surface area contributed by atoms with E-state index in [0.29, 0.717) is 6.54 Å². The van der Waals surface area contributed by atoms with E-state index in [1.54, 1.807) is 4.90 Å². The molecule has 2 aromatic carbocycles. The quantitative estimate of drug-likeness (QED) is 0.943. The zero-order valence-electron chi connectivity index (χ0n) is 13.9. The standard InChI is InChI=1S/C20H21NO3/c1-20(2)18(19(23)24)16-11-7-6-10-15(16)12-17(22)21(20)13-14-8-4-3-5-9-14/h3-11,18H,12-13H2,1-2H3,(H,23,24). The molecule has 0 fully saturated rings. The van der Waals surface area contributed by atoms with Crippen molar-refractivity contribution in [1.82, 2.24) is 4.90 Å². The number of hydrogen-bond donors (Lipinski definition) is 1. The number of carboxylic acids is 1. The van der Waals surface area contributed by atoms with E-state index in [4.69, 9.17) is 0 Å². The van der Waals surface area contributed by atoms with Gasteiger partial charge in [-0.3, -0.25) is 9.59 Å². The second kappa shape index (κ2) is 6.11. The van der Waals surface area contributed by atoms with Crippen molar-refractivity contribution >= 4 is 11.9 Å². The Bertz CT molecular complexity index is 767. The second-order valence-corrected chi connectivity index (χ2v) is 6.77. The highest BCUT2D eigenvalue weighted by atomic mass is 16.4. The molecule has 1 aliphatic heterocycles. The number of rotatable bonds is 3. The predicted molar refractivity (Wildman–Crippen MR) is 91.6 cm³/mol. The Kier molecular flexibility index (Phi) is 4.14. The first kappa shape index (κ1) is 16.2. The first-order valence-corrected chi connectivity index (χ1v) is 8.06. The number of carboxylic acid groups (broad SMARTS) is 1. The van der Waals surface area contributed by atoms with Crippen molar-refractivity contribution in [2.24, 2.45) is 0 Å². The zero-order chi connectivity index (χ0) is 17.3. The van der Waals surface area contributed by atoms with Gasteiger partial charge in [-0.25, -0.2) is 0 Å². The highest BCUT2D eigenvalue weighted by molar-refractivity contribution is 5.86. The summed E-state index contributed by atoms with van der Waals surface area (Å²) in [6, 6.07) is 17.1. The van der Waals surface area contributed by atoms with Gasteiger partial charge < -0.3 is 10.0 Å². The molecule has 1 unspecified atom stereocenters. The molecule has 24 heavy (non-hydrogen) atoms. The summed E-state index contributed by atoms with van der Waals surface area (Å²) in [5, 5.41) is 9.88. The third-order valence-electron chi connectivity index (χ3n) is 4.84. The molecule has 4 nitrogen and oxygen atoms in total. The lowest BCUT2D eigenvalue weighted by atomic mass is 9.80. The minimum absolute atomic E-state index is 0.0416. The van der Waals surface area contributed by atoms with Gasteiger partial charge in [-0.1, -0.05) is 54.6 Å². The molecule has 1 atom stereocenters. The molecule has 1 aliphatic rings. The Morgan fingerprint density at radius 3 is 2.42 bits per heavy atom. The maximum absolute atomic E-state index is 12.9. The number of fused-ring (bicyclic) bond motifs is 1. The summed E-state index contributed by atoms with van der Waals surface area (Å²) in [5.74, 6) is -1.70. The van der Waals surface area contributed by atoms with Gasteiger partial charge >= 0.3 is 5.97 Å². The van der Waals surface area contributed by atoms with Crippen LogP contribution >= 0.6 is 0 Å². The zero-order valence-corrected chi connectivity index (χ0v) is 13.9. The summed E-state index contributed by atoms with van der Waals surface area (Å²) in [6.45, 7) is 4.09. The van der Waals surface area contributed by atoms with E-state index in [-0.39, 0.29) is 12.3 Å². The fourth-order valence-corrected chi connectivity index (χ4v) is 3.59. The van der Waals surface area contributed by atoms with E-state index in [1.807, 2.05) is 68.4 Å². The summed E-state index contributed by atoms with van der Waals surface area (Å²) >= 11 is 0. The van der Waals surface area contributed by atoms with Crippen LogP contribution in [-0.2, 0) is 22.6 Å². The highest BCUT2D eigenvalue weighted by Crippen LogP contribution is 2.39. The number of carbonyl (C=O) groups excluding carboxylic acids is 1. The van der Waals surface area contributed by atoms with Crippen molar-refractivity contribution in [3.05, 3.63) is 71.3 Å². The lowest BCUT2D eigenvalue weighted by molar-refractivity contribution is -0.146. The summed E-state index contributed by atoms with van der Waals surface area (Å²) in [7, 11) is 0. The molecule has 3 rings (SSSR count). The number of carbonyl (C=O) groups is 2. The van der Waals surface area contributed by atoms with Crippen LogP contribution in [0.15, 0.2) is 54.6 Å². The predicted octanol–water partition coefficient (Wildman–Crippen LogP) is 3.22. The fraction of sp³-hybridized carbons (Fsp3) is 0.300. The summed E-state index contributed by atoms with van der Waals surface area (Å²) < 4.78 is 0. The highest BCUT2D eigenvalue weighted by Gasteiger charge is 2.46. The number of nitrogens with zero attached hydrogens (tertiary/aromatic N) is 1. The van der Waals surface area contributed by atoms with Crippen LogP contribution in [-0.4, -0.2) is 27.4 Å². The molecule has 0 saturated carbocycles. The molecule has 4 heteroatoms.